The lowest BCUT2D eigenvalue weighted by molar-refractivity contribution is -0.147. The Morgan fingerprint density at radius 1 is 1.23 bits per heavy atom. The predicted molar refractivity (Wildman–Crippen MR) is 130 cm³/mol. The van der Waals surface area contributed by atoms with Crippen molar-refractivity contribution in [3.8, 4) is 5.75 Å². The Morgan fingerprint density at radius 3 is 2.46 bits per heavy atom. The Hall–Kier alpha value is -2.65. The van der Waals surface area contributed by atoms with E-state index in [0.29, 0.717) is 24.5 Å². The Bertz CT molecular complexity index is 1010. The molecule has 0 saturated carbocycles. The molecule has 3 saturated heterocycles. The van der Waals surface area contributed by atoms with Crippen molar-refractivity contribution in [3.05, 3.63) is 24.3 Å². The minimum atomic E-state index is -1.13. The molecule has 4 rings (SSSR count). The first kappa shape index (κ1) is 25.4. The molecule has 0 radical (unpaired) electrons. The molecular weight excluding hydrogens is 450 g/mol. The molecule has 192 valence electrons. The van der Waals surface area contributed by atoms with Crippen molar-refractivity contribution in [2.24, 2.45) is 17.8 Å². The second kappa shape index (κ2) is 8.78. The van der Waals surface area contributed by atoms with Gasteiger partial charge in [0.2, 0.25) is 17.7 Å². The number of ether oxygens (including phenoxy) is 2. The van der Waals surface area contributed by atoms with Gasteiger partial charge in [0, 0.05) is 17.8 Å². The van der Waals surface area contributed by atoms with Gasteiger partial charge < -0.3 is 30.1 Å². The Labute approximate surface area is 206 Å². The zero-order valence-corrected chi connectivity index (χ0v) is 21.4. The second-order valence-electron chi connectivity index (χ2n) is 11.1. The van der Waals surface area contributed by atoms with Crippen LogP contribution in [-0.4, -0.2) is 70.3 Å². The van der Waals surface area contributed by atoms with E-state index in [9.17, 15) is 19.5 Å². The summed E-state index contributed by atoms with van der Waals surface area (Å²) in [6.45, 7) is 11.6. The number of benzene rings is 1. The summed E-state index contributed by atoms with van der Waals surface area (Å²) >= 11 is 0. The summed E-state index contributed by atoms with van der Waals surface area (Å²) in [5.41, 5.74) is -1.96. The summed E-state index contributed by atoms with van der Waals surface area (Å²) in [5, 5.41) is 15.6. The van der Waals surface area contributed by atoms with Crippen molar-refractivity contribution in [1.29, 1.82) is 0 Å². The number of hydrogen-bond donors (Lipinski definition) is 3. The molecule has 9 nitrogen and oxygen atoms in total. The van der Waals surface area contributed by atoms with Crippen molar-refractivity contribution in [1.82, 2.24) is 10.2 Å². The van der Waals surface area contributed by atoms with Crippen LogP contribution in [0.25, 0.3) is 0 Å². The number of amides is 3. The third kappa shape index (κ3) is 4.08. The molecule has 0 aliphatic carbocycles. The highest BCUT2D eigenvalue weighted by Crippen LogP contribution is 2.65. The van der Waals surface area contributed by atoms with Gasteiger partial charge in [-0.15, -0.1) is 0 Å². The number of rotatable bonds is 7. The monoisotopic (exact) mass is 487 g/mol. The molecule has 9 heteroatoms. The van der Waals surface area contributed by atoms with Gasteiger partial charge in [-0.25, -0.2) is 0 Å². The van der Waals surface area contributed by atoms with Gasteiger partial charge in [0.25, 0.3) is 0 Å². The molecule has 3 aliphatic rings. The number of nitrogens with one attached hydrogen (secondary N) is 2. The van der Waals surface area contributed by atoms with Crippen LogP contribution >= 0.6 is 0 Å². The minimum absolute atomic E-state index is 0.000990. The Morgan fingerprint density at radius 2 is 1.89 bits per heavy atom. The fraction of sp³-hybridized carbons (Fsp3) is 0.654. The zero-order chi connectivity index (χ0) is 25.8. The topological polar surface area (TPSA) is 117 Å². The van der Waals surface area contributed by atoms with Crippen molar-refractivity contribution in [2.75, 3.05) is 25.1 Å². The molecule has 1 aromatic rings. The predicted octanol–water partition coefficient (Wildman–Crippen LogP) is 1.94. The summed E-state index contributed by atoms with van der Waals surface area (Å²) in [4.78, 5) is 42.3. The van der Waals surface area contributed by atoms with Crippen molar-refractivity contribution >= 4 is 23.4 Å². The number of fused-ring (bicyclic) bond motifs is 1. The quantitative estimate of drug-likeness (QED) is 0.541. The summed E-state index contributed by atoms with van der Waals surface area (Å²) in [5.74, 6) is -1.91. The highest BCUT2D eigenvalue weighted by molar-refractivity contribution is 6.02. The van der Waals surface area contributed by atoms with E-state index in [2.05, 4.69) is 10.6 Å². The summed E-state index contributed by atoms with van der Waals surface area (Å²) in [6, 6.07) is 6.15. The fourth-order valence-corrected chi connectivity index (χ4v) is 6.25. The van der Waals surface area contributed by atoms with Crippen LogP contribution in [-0.2, 0) is 19.1 Å². The van der Waals surface area contributed by atoms with Crippen LogP contribution in [0, 0.1) is 17.8 Å². The molecular formula is C26H37N3O6. The highest BCUT2D eigenvalue weighted by Gasteiger charge is 2.79. The number of carbonyl (C=O) groups excluding carboxylic acids is 3. The number of aliphatic hydroxyl groups excluding tert-OH is 1. The van der Waals surface area contributed by atoms with E-state index in [1.807, 2.05) is 41.5 Å². The van der Waals surface area contributed by atoms with Gasteiger partial charge in [0.15, 0.2) is 0 Å². The third-order valence-electron chi connectivity index (χ3n) is 7.62. The normalized spacial score (nSPS) is 33.6. The van der Waals surface area contributed by atoms with Gasteiger partial charge in [0.05, 0.1) is 30.7 Å². The number of nitrogens with zero attached hydrogens (tertiary/aromatic N) is 1. The Kier molecular flexibility index (Phi) is 6.38. The van der Waals surface area contributed by atoms with E-state index in [1.54, 1.807) is 24.3 Å². The molecule has 1 spiro atoms. The maximum atomic E-state index is 13.7. The molecule has 3 unspecified atom stereocenters. The lowest BCUT2D eigenvalue weighted by atomic mass is 9.62. The molecule has 35 heavy (non-hydrogen) atoms. The highest BCUT2D eigenvalue weighted by atomic mass is 16.5. The molecule has 3 N–H and O–H groups in total. The van der Waals surface area contributed by atoms with Gasteiger partial charge in [-0.05, 0) is 71.2 Å². The molecule has 2 bridgehead atoms. The fourth-order valence-electron chi connectivity index (χ4n) is 6.25. The van der Waals surface area contributed by atoms with Crippen LogP contribution in [0.4, 0.5) is 5.69 Å². The average Bonchev–Trinajstić information content (AvgIpc) is 3.26. The standard InChI is InChI=1S/C26H37N3O6/c1-7-34-17-10-8-16(9-11-17)27-21(31)18-19-23(33)29(12-13-30)20(22(32)28-24(3,4)5)26(19)14-15(2)25(18,6)35-26/h8-11,15,18-20,30H,7,12-14H2,1-6H3,(H,27,31)(H,28,32)/t15?,18-,19+,20?,25+,26?/m1/s1. The summed E-state index contributed by atoms with van der Waals surface area (Å²) in [7, 11) is 0. The number of carbonyl (C=O) groups is 3. The summed E-state index contributed by atoms with van der Waals surface area (Å²) < 4.78 is 12.1. The van der Waals surface area contributed by atoms with E-state index in [-0.39, 0.29) is 36.8 Å². The lowest BCUT2D eigenvalue weighted by Crippen LogP contribution is -2.58. The van der Waals surface area contributed by atoms with Crippen molar-refractivity contribution < 1.29 is 29.0 Å². The number of aliphatic hydroxyl groups is 1. The molecule has 3 fully saturated rings. The molecule has 1 aromatic carbocycles. The van der Waals surface area contributed by atoms with Gasteiger partial charge in [-0.3, -0.25) is 14.4 Å². The number of hydrogen-bond acceptors (Lipinski definition) is 6. The second-order valence-corrected chi connectivity index (χ2v) is 11.1. The van der Waals surface area contributed by atoms with Gasteiger partial charge in [-0.2, -0.15) is 0 Å². The average molecular weight is 488 g/mol. The smallest absolute Gasteiger partial charge is 0.246 e. The van der Waals surface area contributed by atoms with Gasteiger partial charge in [0.1, 0.15) is 17.4 Å². The molecule has 3 aliphatic heterocycles. The van der Waals surface area contributed by atoms with E-state index in [0.717, 1.165) is 0 Å². The van der Waals surface area contributed by atoms with Gasteiger partial charge >= 0.3 is 0 Å². The van der Waals surface area contributed by atoms with Crippen LogP contribution < -0.4 is 15.4 Å². The Balaban J connectivity index is 1.69. The van der Waals surface area contributed by atoms with E-state index in [4.69, 9.17) is 9.47 Å². The number of likely N-dealkylation sites (tertiary alicyclic amines) is 1. The van der Waals surface area contributed by atoms with Crippen LogP contribution in [0.1, 0.15) is 48.0 Å². The first-order chi connectivity index (χ1) is 16.4. The van der Waals surface area contributed by atoms with E-state index in [1.165, 1.54) is 4.90 Å². The summed E-state index contributed by atoms with van der Waals surface area (Å²) in [6.07, 6.45) is 0.483. The first-order valence-corrected chi connectivity index (χ1v) is 12.3. The number of anilines is 1. The molecule has 3 amide bonds. The van der Waals surface area contributed by atoms with E-state index < -0.39 is 34.6 Å². The van der Waals surface area contributed by atoms with Gasteiger partial charge in [-0.1, -0.05) is 6.92 Å². The first-order valence-electron chi connectivity index (χ1n) is 12.3. The van der Waals surface area contributed by atoms with E-state index >= 15 is 0 Å². The number of β-amino-alcohol motifs (C(OH)–C–C–N with tert-alkyl or cyclic N) is 1. The maximum Gasteiger partial charge on any atom is 0.246 e. The minimum Gasteiger partial charge on any atom is -0.494 e. The maximum absolute atomic E-state index is 13.7. The van der Waals surface area contributed by atoms with Crippen LogP contribution in [0.5, 0.6) is 5.75 Å². The third-order valence-corrected chi connectivity index (χ3v) is 7.62. The zero-order valence-electron chi connectivity index (χ0n) is 21.4. The molecule has 6 atom stereocenters. The SMILES string of the molecule is CCOc1ccc(NC(=O)[C@H]2[C@H]3C(=O)N(CCO)C(C(=O)NC(C)(C)C)C34CC(C)[C@]2(C)O4)cc1. The van der Waals surface area contributed by atoms with Crippen LogP contribution in [0.2, 0.25) is 0 Å². The van der Waals surface area contributed by atoms with Crippen molar-refractivity contribution in [2.45, 2.75) is 70.7 Å². The van der Waals surface area contributed by atoms with Crippen LogP contribution in [0.15, 0.2) is 24.3 Å². The van der Waals surface area contributed by atoms with Crippen LogP contribution in [0.3, 0.4) is 0 Å². The van der Waals surface area contributed by atoms with Crippen molar-refractivity contribution in [3.63, 3.8) is 0 Å². The molecule has 0 aromatic heterocycles. The lowest BCUT2D eigenvalue weighted by Gasteiger charge is -2.36. The largest absolute Gasteiger partial charge is 0.494 e. The molecule has 3 heterocycles.